The highest BCUT2D eigenvalue weighted by molar-refractivity contribution is 7.80. The van der Waals surface area contributed by atoms with Gasteiger partial charge in [-0.3, -0.25) is 19.8 Å². The number of amides is 2. The van der Waals surface area contributed by atoms with E-state index in [4.69, 9.17) is 40.2 Å². The molecule has 182 valence electrons. The van der Waals surface area contributed by atoms with Crippen molar-refractivity contribution in [3.05, 3.63) is 111 Å². The Hall–Kier alpha value is -3.52. The van der Waals surface area contributed by atoms with Gasteiger partial charge in [0.05, 0.1) is 15.7 Å². The average Bonchev–Trinajstić information content (AvgIpc) is 2.85. The molecular formula is C27H19Cl2FN2O3S. The van der Waals surface area contributed by atoms with E-state index < -0.39 is 11.8 Å². The highest BCUT2D eigenvalue weighted by Crippen LogP contribution is 2.34. The number of anilines is 1. The minimum Gasteiger partial charge on any atom is -0.489 e. The Morgan fingerprint density at radius 3 is 2.56 bits per heavy atom. The van der Waals surface area contributed by atoms with Gasteiger partial charge in [-0.25, -0.2) is 4.39 Å². The van der Waals surface area contributed by atoms with Gasteiger partial charge < -0.3 is 4.74 Å². The van der Waals surface area contributed by atoms with Crippen molar-refractivity contribution in [2.24, 2.45) is 0 Å². The molecule has 5 nitrogen and oxygen atoms in total. The summed E-state index contributed by atoms with van der Waals surface area (Å²) in [6.07, 6.45) is 3.68. The van der Waals surface area contributed by atoms with Crippen molar-refractivity contribution in [3.8, 4) is 5.75 Å². The van der Waals surface area contributed by atoms with Gasteiger partial charge in [0.2, 0.25) is 0 Å². The summed E-state index contributed by atoms with van der Waals surface area (Å²) in [6, 6.07) is 16.1. The molecule has 3 aromatic rings. The third-order valence-electron chi connectivity index (χ3n) is 5.34. The van der Waals surface area contributed by atoms with E-state index in [0.717, 1.165) is 16.0 Å². The molecule has 1 aliphatic heterocycles. The first-order valence-corrected chi connectivity index (χ1v) is 11.9. The third kappa shape index (κ3) is 5.49. The average molecular weight is 541 g/mol. The number of hydrogen-bond donors (Lipinski definition) is 1. The van der Waals surface area contributed by atoms with Crippen molar-refractivity contribution in [2.75, 3.05) is 4.90 Å². The van der Waals surface area contributed by atoms with Gasteiger partial charge in [0.1, 0.15) is 23.7 Å². The van der Waals surface area contributed by atoms with E-state index in [2.05, 4.69) is 11.9 Å². The van der Waals surface area contributed by atoms with Gasteiger partial charge >= 0.3 is 0 Å². The molecule has 0 aromatic heterocycles. The number of ether oxygens (including phenoxy) is 1. The molecule has 0 unspecified atom stereocenters. The maximum absolute atomic E-state index is 13.3. The number of nitrogens with one attached hydrogen (secondary N) is 1. The first kappa shape index (κ1) is 25.6. The highest BCUT2D eigenvalue weighted by atomic mass is 35.5. The van der Waals surface area contributed by atoms with Crippen LogP contribution in [0, 0.1) is 5.82 Å². The summed E-state index contributed by atoms with van der Waals surface area (Å²) in [4.78, 5) is 27.1. The van der Waals surface area contributed by atoms with Crippen LogP contribution in [0.1, 0.15) is 16.7 Å². The lowest BCUT2D eigenvalue weighted by atomic mass is 10.0. The van der Waals surface area contributed by atoms with Crippen LogP contribution in [0.5, 0.6) is 5.75 Å². The van der Waals surface area contributed by atoms with E-state index in [0.29, 0.717) is 17.7 Å². The van der Waals surface area contributed by atoms with Crippen LogP contribution in [0.4, 0.5) is 10.1 Å². The number of allylic oxidation sites excluding steroid dienone is 1. The summed E-state index contributed by atoms with van der Waals surface area (Å²) in [7, 11) is 0. The maximum atomic E-state index is 13.3. The fraction of sp³-hybridized carbons (Fsp3) is 0.0741. The van der Waals surface area contributed by atoms with Crippen LogP contribution in [0.3, 0.4) is 0 Å². The van der Waals surface area contributed by atoms with Crippen molar-refractivity contribution >= 4 is 64.1 Å². The minimum atomic E-state index is -0.630. The monoisotopic (exact) mass is 540 g/mol. The molecule has 0 aliphatic carbocycles. The first-order valence-electron chi connectivity index (χ1n) is 10.7. The van der Waals surface area contributed by atoms with Crippen molar-refractivity contribution in [3.63, 3.8) is 0 Å². The SMILES string of the molecule is C=CCc1cc(/C=C2\C(=O)NC(=S)N(c3cccc(Cl)c3Cl)C2=O)ccc1OCc1ccc(F)cc1. The molecule has 1 saturated heterocycles. The molecule has 0 bridgehead atoms. The fourth-order valence-corrected chi connectivity index (χ4v) is 4.25. The quantitative estimate of drug-likeness (QED) is 0.166. The topological polar surface area (TPSA) is 58.6 Å². The smallest absolute Gasteiger partial charge is 0.270 e. The predicted molar refractivity (Wildman–Crippen MR) is 144 cm³/mol. The maximum Gasteiger partial charge on any atom is 0.270 e. The van der Waals surface area contributed by atoms with Crippen LogP contribution in [0.25, 0.3) is 6.08 Å². The number of nitrogens with zero attached hydrogens (tertiary/aromatic N) is 1. The number of carbonyl (C=O) groups excluding carboxylic acids is 2. The highest BCUT2D eigenvalue weighted by Gasteiger charge is 2.35. The molecule has 9 heteroatoms. The molecule has 1 fully saturated rings. The number of thiocarbonyl (C=S) groups is 1. The van der Waals surface area contributed by atoms with Gasteiger partial charge in [-0.05, 0) is 77.8 Å². The zero-order chi connectivity index (χ0) is 25.8. The summed E-state index contributed by atoms with van der Waals surface area (Å²) in [6.45, 7) is 4.04. The number of hydrogen-bond acceptors (Lipinski definition) is 4. The number of rotatable bonds is 7. The van der Waals surface area contributed by atoms with E-state index in [-0.39, 0.29) is 38.8 Å². The third-order valence-corrected chi connectivity index (χ3v) is 6.43. The molecule has 1 N–H and O–H groups in total. The molecule has 0 spiro atoms. The second-order valence-electron chi connectivity index (χ2n) is 7.81. The summed E-state index contributed by atoms with van der Waals surface area (Å²) >= 11 is 17.6. The second kappa shape index (κ2) is 11.0. The standard InChI is InChI=1S/C27H19Cl2FN2O3S/c1-2-4-18-13-17(9-12-23(18)35-15-16-7-10-19(30)11-8-16)14-20-25(33)31-27(36)32(26(20)34)22-6-3-5-21(28)24(22)29/h2-3,5-14H,1,4,15H2,(H,31,33,36)/b20-14+. The lowest BCUT2D eigenvalue weighted by Gasteiger charge is -2.29. The molecule has 2 amide bonds. The molecule has 36 heavy (non-hydrogen) atoms. The van der Waals surface area contributed by atoms with E-state index in [1.807, 2.05) is 0 Å². The fourth-order valence-electron chi connectivity index (χ4n) is 3.59. The van der Waals surface area contributed by atoms with Gasteiger partial charge in [-0.15, -0.1) is 6.58 Å². The van der Waals surface area contributed by atoms with E-state index in [1.54, 1.807) is 54.6 Å². The summed E-state index contributed by atoms with van der Waals surface area (Å²) in [5.74, 6) is -0.966. The molecule has 4 rings (SSSR count). The summed E-state index contributed by atoms with van der Waals surface area (Å²) in [5, 5.41) is 2.82. The Kier molecular flexibility index (Phi) is 7.84. The zero-order valence-electron chi connectivity index (χ0n) is 18.8. The number of carbonyl (C=O) groups is 2. The Morgan fingerprint density at radius 2 is 1.83 bits per heavy atom. The largest absolute Gasteiger partial charge is 0.489 e. The summed E-state index contributed by atoms with van der Waals surface area (Å²) < 4.78 is 19.1. The van der Waals surface area contributed by atoms with Crippen LogP contribution < -0.4 is 15.0 Å². The van der Waals surface area contributed by atoms with Crippen LogP contribution in [0.2, 0.25) is 10.0 Å². The van der Waals surface area contributed by atoms with E-state index in [9.17, 15) is 14.0 Å². The van der Waals surface area contributed by atoms with Gasteiger partial charge in [0.15, 0.2) is 5.11 Å². The first-order chi connectivity index (χ1) is 17.3. The Balaban J connectivity index is 1.63. The molecule has 1 aliphatic rings. The normalized spacial score (nSPS) is 14.7. The predicted octanol–water partition coefficient (Wildman–Crippen LogP) is 6.27. The Morgan fingerprint density at radius 1 is 1.08 bits per heavy atom. The molecule has 0 radical (unpaired) electrons. The van der Waals surface area contributed by atoms with Gasteiger partial charge in [-0.2, -0.15) is 0 Å². The summed E-state index contributed by atoms with van der Waals surface area (Å²) in [5.41, 5.74) is 2.36. The van der Waals surface area contributed by atoms with Crippen LogP contribution in [-0.2, 0) is 22.6 Å². The molecule has 1 heterocycles. The lowest BCUT2D eigenvalue weighted by Crippen LogP contribution is -2.54. The van der Waals surface area contributed by atoms with Crippen LogP contribution in [0.15, 0.2) is 78.9 Å². The molecule has 3 aromatic carbocycles. The van der Waals surface area contributed by atoms with Crippen molar-refractivity contribution < 1.29 is 18.7 Å². The lowest BCUT2D eigenvalue weighted by molar-refractivity contribution is -0.122. The molecular weight excluding hydrogens is 522 g/mol. The van der Waals surface area contributed by atoms with Gasteiger partial charge in [0, 0.05) is 0 Å². The van der Waals surface area contributed by atoms with Crippen LogP contribution in [-0.4, -0.2) is 16.9 Å². The van der Waals surface area contributed by atoms with Crippen LogP contribution >= 0.6 is 35.4 Å². The minimum absolute atomic E-state index is 0.0943. The van der Waals surface area contributed by atoms with Crippen molar-refractivity contribution in [2.45, 2.75) is 13.0 Å². The van der Waals surface area contributed by atoms with Gasteiger partial charge in [0.25, 0.3) is 11.8 Å². The number of benzene rings is 3. The molecule has 0 saturated carbocycles. The van der Waals surface area contributed by atoms with E-state index >= 15 is 0 Å². The Labute approximate surface area is 222 Å². The van der Waals surface area contributed by atoms with Crippen molar-refractivity contribution in [1.82, 2.24) is 5.32 Å². The van der Waals surface area contributed by atoms with E-state index in [1.165, 1.54) is 18.2 Å². The van der Waals surface area contributed by atoms with Crippen molar-refractivity contribution in [1.29, 1.82) is 0 Å². The second-order valence-corrected chi connectivity index (χ2v) is 8.98. The number of halogens is 3. The zero-order valence-corrected chi connectivity index (χ0v) is 21.1. The Bertz CT molecular complexity index is 1410. The molecule has 0 atom stereocenters. The van der Waals surface area contributed by atoms with Gasteiger partial charge in [-0.1, -0.05) is 53.5 Å².